The molecule has 0 bridgehead atoms. The zero-order valence-corrected chi connectivity index (χ0v) is 15.3. The number of hydrogen-bond donors (Lipinski definition) is 1. The van der Waals surface area contributed by atoms with Crippen molar-refractivity contribution < 1.29 is 9.59 Å². The summed E-state index contributed by atoms with van der Waals surface area (Å²) in [5, 5.41) is 2.89. The van der Waals surface area contributed by atoms with E-state index in [2.05, 4.69) is 5.32 Å². The van der Waals surface area contributed by atoms with E-state index in [4.69, 9.17) is 0 Å². The summed E-state index contributed by atoms with van der Waals surface area (Å²) < 4.78 is 1.36. The predicted molar refractivity (Wildman–Crippen MR) is 106 cm³/mol. The van der Waals surface area contributed by atoms with Crippen LogP contribution in [0.1, 0.15) is 27.5 Å². The number of carbonyl (C=O) groups is 2. The molecule has 0 saturated carbocycles. The Morgan fingerprint density at radius 1 is 0.964 bits per heavy atom. The van der Waals surface area contributed by atoms with E-state index in [0.717, 1.165) is 11.1 Å². The first-order chi connectivity index (χ1) is 13.5. The molecule has 0 radical (unpaired) electrons. The van der Waals surface area contributed by atoms with E-state index in [9.17, 15) is 14.4 Å². The van der Waals surface area contributed by atoms with Crippen molar-refractivity contribution in [2.45, 2.75) is 6.04 Å². The first kappa shape index (κ1) is 17.7. The topological polar surface area (TPSA) is 71.4 Å². The monoisotopic (exact) mass is 373 g/mol. The van der Waals surface area contributed by atoms with Crippen LogP contribution in [0.15, 0.2) is 77.7 Å². The third kappa shape index (κ3) is 3.20. The normalized spacial score (nSPS) is 16.1. The Labute approximate surface area is 162 Å². The lowest BCUT2D eigenvalue weighted by Gasteiger charge is -2.30. The van der Waals surface area contributed by atoms with E-state index < -0.39 is 6.04 Å². The number of anilines is 1. The summed E-state index contributed by atoms with van der Waals surface area (Å²) in [7, 11) is 1.60. The molecular weight excluding hydrogens is 354 g/mol. The third-order valence-electron chi connectivity index (χ3n) is 4.86. The largest absolute Gasteiger partial charge is 0.324 e. The van der Waals surface area contributed by atoms with Crippen LogP contribution in [0, 0.1) is 0 Å². The molecule has 0 saturated heterocycles. The van der Waals surface area contributed by atoms with Crippen molar-refractivity contribution in [2.75, 3.05) is 11.9 Å². The van der Waals surface area contributed by atoms with Crippen molar-refractivity contribution >= 4 is 17.5 Å². The molecule has 0 fully saturated rings. The molecule has 28 heavy (non-hydrogen) atoms. The van der Waals surface area contributed by atoms with Gasteiger partial charge in [0, 0.05) is 30.6 Å². The van der Waals surface area contributed by atoms with Gasteiger partial charge < -0.3 is 14.8 Å². The summed E-state index contributed by atoms with van der Waals surface area (Å²) >= 11 is 0. The van der Waals surface area contributed by atoms with E-state index in [1.54, 1.807) is 11.9 Å². The van der Waals surface area contributed by atoms with E-state index in [1.165, 1.54) is 22.9 Å². The zero-order chi connectivity index (χ0) is 19.7. The van der Waals surface area contributed by atoms with Crippen LogP contribution < -0.4 is 10.9 Å². The molecule has 2 aromatic carbocycles. The highest BCUT2D eigenvalue weighted by Gasteiger charge is 2.33. The Morgan fingerprint density at radius 2 is 1.68 bits per heavy atom. The molecule has 1 aliphatic heterocycles. The fourth-order valence-corrected chi connectivity index (χ4v) is 3.52. The maximum Gasteiger partial charge on any atom is 0.256 e. The molecule has 0 unspecified atom stereocenters. The van der Waals surface area contributed by atoms with Crippen molar-refractivity contribution in [3.05, 3.63) is 100.0 Å². The third-order valence-corrected chi connectivity index (χ3v) is 4.86. The smallest absolute Gasteiger partial charge is 0.256 e. The molecule has 140 valence electrons. The van der Waals surface area contributed by atoms with Crippen LogP contribution in [0.2, 0.25) is 0 Å². The molecule has 0 aliphatic carbocycles. The Hall–Kier alpha value is -3.67. The number of carbonyl (C=O) groups excluding carboxylic acids is 2. The molecule has 2 heterocycles. The molecule has 1 atom stereocenters. The molecule has 2 amide bonds. The van der Waals surface area contributed by atoms with Crippen molar-refractivity contribution in [3.8, 4) is 0 Å². The Bertz CT molecular complexity index is 1110. The maximum atomic E-state index is 13.4. The molecule has 1 N–H and O–H groups in total. The first-order valence-electron chi connectivity index (χ1n) is 8.96. The van der Waals surface area contributed by atoms with E-state index >= 15 is 0 Å². The standard InChI is InChI=1S/C22H19N3O3/c1-24-13-16(11-12-20(24)27)22(28)25-14-19(26)23-18-10-6-5-9-17(18)21(25)15-7-3-2-4-8-15/h2-13,21H,14H2,1H3,(H,23,26)/t21-/m1/s1. The number of aryl methyl sites for hydroxylation is 1. The number of pyridine rings is 1. The molecule has 6 heteroatoms. The van der Waals surface area contributed by atoms with E-state index in [-0.39, 0.29) is 23.9 Å². The van der Waals surface area contributed by atoms with Gasteiger partial charge in [-0.1, -0.05) is 48.5 Å². The second-order valence-corrected chi connectivity index (χ2v) is 6.75. The zero-order valence-electron chi connectivity index (χ0n) is 15.3. The number of hydrogen-bond acceptors (Lipinski definition) is 3. The summed E-state index contributed by atoms with van der Waals surface area (Å²) in [4.78, 5) is 39.2. The van der Waals surface area contributed by atoms with Gasteiger partial charge in [-0.3, -0.25) is 14.4 Å². The maximum absolute atomic E-state index is 13.4. The summed E-state index contributed by atoms with van der Waals surface area (Å²) in [6.45, 7) is -0.0874. The van der Waals surface area contributed by atoms with Gasteiger partial charge in [0.15, 0.2) is 0 Å². The van der Waals surface area contributed by atoms with E-state index in [0.29, 0.717) is 11.3 Å². The molecule has 1 aliphatic rings. The van der Waals surface area contributed by atoms with Crippen molar-refractivity contribution in [1.29, 1.82) is 0 Å². The molecule has 1 aromatic heterocycles. The van der Waals surface area contributed by atoms with Crippen LogP contribution in [0.4, 0.5) is 5.69 Å². The van der Waals surface area contributed by atoms with Crippen LogP contribution in [-0.4, -0.2) is 27.8 Å². The molecule has 4 rings (SSSR count). The number of para-hydroxylation sites is 1. The summed E-state index contributed by atoms with van der Waals surface area (Å²) in [5.41, 5.74) is 2.60. The molecule has 3 aromatic rings. The Kier molecular flexibility index (Phi) is 4.53. The van der Waals surface area contributed by atoms with Gasteiger partial charge in [0.1, 0.15) is 6.54 Å². The van der Waals surface area contributed by atoms with Crippen LogP contribution >= 0.6 is 0 Å². The number of rotatable bonds is 2. The van der Waals surface area contributed by atoms with Crippen molar-refractivity contribution in [2.24, 2.45) is 7.05 Å². The van der Waals surface area contributed by atoms with Gasteiger partial charge >= 0.3 is 0 Å². The van der Waals surface area contributed by atoms with Gasteiger partial charge in [-0.2, -0.15) is 0 Å². The lowest BCUT2D eigenvalue weighted by Crippen LogP contribution is -2.39. The van der Waals surface area contributed by atoms with Crippen molar-refractivity contribution in [1.82, 2.24) is 9.47 Å². The Balaban J connectivity index is 1.87. The van der Waals surface area contributed by atoms with Crippen LogP contribution in [0.3, 0.4) is 0 Å². The van der Waals surface area contributed by atoms with Crippen molar-refractivity contribution in [3.63, 3.8) is 0 Å². The van der Waals surface area contributed by atoms with Gasteiger partial charge in [0.2, 0.25) is 11.5 Å². The average Bonchev–Trinajstić information content (AvgIpc) is 2.85. The van der Waals surface area contributed by atoms with Gasteiger partial charge in [-0.05, 0) is 17.7 Å². The summed E-state index contributed by atoms with van der Waals surface area (Å²) in [5.74, 6) is -0.569. The van der Waals surface area contributed by atoms with E-state index in [1.807, 2.05) is 54.6 Å². The predicted octanol–water partition coefficient (Wildman–Crippen LogP) is 2.57. The lowest BCUT2D eigenvalue weighted by atomic mass is 9.95. The average molecular weight is 373 g/mol. The minimum absolute atomic E-state index is 0.0874. The lowest BCUT2D eigenvalue weighted by molar-refractivity contribution is -0.117. The van der Waals surface area contributed by atoms with Crippen LogP contribution in [0.5, 0.6) is 0 Å². The molecule has 6 nitrogen and oxygen atoms in total. The minimum Gasteiger partial charge on any atom is -0.324 e. The number of nitrogens with zero attached hydrogens (tertiary/aromatic N) is 2. The first-order valence-corrected chi connectivity index (χ1v) is 8.96. The number of aromatic nitrogens is 1. The summed E-state index contributed by atoms with van der Waals surface area (Å²) in [6, 6.07) is 19.5. The fraction of sp³-hybridized carbons (Fsp3) is 0.136. The second kappa shape index (κ2) is 7.15. The van der Waals surface area contributed by atoms with Crippen LogP contribution in [-0.2, 0) is 11.8 Å². The SMILES string of the molecule is Cn1cc(C(=O)N2CC(=O)Nc3ccccc3[C@H]2c2ccccc2)ccc1=O. The number of fused-ring (bicyclic) bond motifs is 1. The highest BCUT2D eigenvalue weighted by atomic mass is 16.2. The summed E-state index contributed by atoms with van der Waals surface area (Å²) in [6.07, 6.45) is 1.50. The van der Waals surface area contributed by atoms with Gasteiger partial charge in [-0.15, -0.1) is 0 Å². The van der Waals surface area contributed by atoms with Crippen LogP contribution in [0.25, 0.3) is 0 Å². The quantitative estimate of drug-likeness (QED) is 0.750. The number of nitrogens with one attached hydrogen (secondary N) is 1. The second-order valence-electron chi connectivity index (χ2n) is 6.75. The van der Waals surface area contributed by atoms with Gasteiger partial charge in [-0.25, -0.2) is 0 Å². The fourth-order valence-electron chi connectivity index (χ4n) is 3.52. The van der Waals surface area contributed by atoms with Gasteiger partial charge in [0.25, 0.3) is 5.91 Å². The highest BCUT2D eigenvalue weighted by molar-refractivity contribution is 6.01. The van der Waals surface area contributed by atoms with Gasteiger partial charge in [0.05, 0.1) is 11.6 Å². The Morgan fingerprint density at radius 3 is 2.43 bits per heavy atom. The minimum atomic E-state index is -0.430. The highest BCUT2D eigenvalue weighted by Crippen LogP contribution is 2.36. The number of amides is 2. The number of benzene rings is 2. The molecular formula is C22H19N3O3. The molecule has 0 spiro atoms.